The summed E-state index contributed by atoms with van der Waals surface area (Å²) >= 11 is 0. The van der Waals surface area contributed by atoms with Gasteiger partial charge in [0.05, 0.1) is 0 Å². The smallest absolute Gasteiger partial charge is 0.136 e. The molecule has 3 heteroatoms. The number of fused-ring (bicyclic) bond motifs is 7. The van der Waals surface area contributed by atoms with E-state index in [9.17, 15) is 0 Å². The molecule has 2 aromatic heterocycles. The number of furan rings is 2. The highest BCUT2D eigenvalue weighted by Gasteiger charge is 2.18. The van der Waals surface area contributed by atoms with E-state index < -0.39 is 0 Å². The Morgan fingerprint density at radius 3 is 1.54 bits per heavy atom. The molecule has 0 spiro atoms. The minimum Gasteiger partial charge on any atom is -0.456 e. The first-order chi connectivity index (χ1) is 30.2. The van der Waals surface area contributed by atoms with Crippen LogP contribution in [0.2, 0.25) is 0 Å². The highest BCUT2D eigenvalue weighted by atomic mass is 16.3. The molecule has 0 unspecified atom stereocenters. The largest absolute Gasteiger partial charge is 0.456 e. The molecule has 61 heavy (non-hydrogen) atoms. The van der Waals surface area contributed by atoms with Gasteiger partial charge in [0.15, 0.2) is 0 Å². The number of benzene rings is 10. The van der Waals surface area contributed by atoms with Gasteiger partial charge in [-0.2, -0.15) is 0 Å². The third-order valence-electron chi connectivity index (χ3n) is 12.1. The summed E-state index contributed by atoms with van der Waals surface area (Å²) in [5.74, 6) is 0. The molecule has 0 amide bonds. The van der Waals surface area contributed by atoms with Crippen molar-refractivity contribution in [1.82, 2.24) is 0 Å². The lowest BCUT2D eigenvalue weighted by molar-refractivity contribution is 0.668. The van der Waals surface area contributed by atoms with Gasteiger partial charge < -0.3 is 13.7 Å². The van der Waals surface area contributed by atoms with Crippen LogP contribution in [0.1, 0.15) is 0 Å². The van der Waals surface area contributed by atoms with Crippen LogP contribution in [0.15, 0.2) is 233 Å². The van der Waals surface area contributed by atoms with Crippen molar-refractivity contribution in [3.8, 4) is 44.5 Å². The van der Waals surface area contributed by atoms with E-state index in [4.69, 9.17) is 8.83 Å². The first kappa shape index (κ1) is 34.9. The summed E-state index contributed by atoms with van der Waals surface area (Å²) in [6, 6.07) is 80.0. The fourth-order valence-electron chi connectivity index (χ4n) is 9.11. The van der Waals surface area contributed by atoms with Gasteiger partial charge in [0.25, 0.3) is 0 Å². The zero-order valence-corrected chi connectivity index (χ0v) is 33.1. The average Bonchev–Trinajstić information content (AvgIpc) is 3.90. The van der Waals surface area contributed by atoms with Crippen molar-refractivity contribution in [1.29, 1.82) is 0 Å². The van der Waals surface area contributed by atoms with Crippen LogP contribution in [0.5, 0.6) is 0 Å². The fourth-order valence-corrected chi connectivity index (χ4v) is 9.11. The summed E-state index contributed by atoms with van der Waals surface area (Å²) in [4.78, 5) is 2.34. The minimum absolute atomic E-state index is 0.887. The van der Waals surface area contributed by atoms with Crippen LogP contribution < -0.4 is 4.90 Å². The van der Waals surface area contributed by atoms with Crippen LogP contribution >= 0.6 is 0 Å². The van der Waals surface area contributed by atoms with Gasteiger partial charge in [0.1, 0.15) is 22.3 Å². The van der Waals surface area contributed by atoms with Gasteiger partial charge in [-0.25, -0.2) is 0 Å². The zero-order valence-electron chi connectivity index (χ0n) is 33.1. The molecule has 0 aliphatic carbocycles. The van der Waals surface area contributed by atoms with Crippen LogP contribution in [0, 0.1) is 0 Å². The summed E-state index contributed by atoms with van der Waals surface area (Å²) < 4.78 is 12.5. The molecule has 0 N–H and O–H groups in total. The lowest BCUT2D eigenvalue weighted by atomic mass is 9.96. The molecule has 286 valence electrons. The number of hydrogen-bond donors (Lipinski definition) is 0. The molecular formula is C58H37NO2. The number of hydrogen-bond acceptors (Lipinski definition) is 3. The Labute approximate surface area is 353 Å². The van der Waals surface area contributed by atoms with Crippen molar-refractivity contribution in [2.24, 2.45) is 0 Å². The Balaban J connectivity index is 0.928. The van der Waals surface area contributed by atoms with E-state index in [1.807, 2.05) is 24.3 Å². The molecule has 3 nitrogen and oxygen atoms in total. The van der Waals surface area contributed by atoms with Crippen LogP contribution in [0.3, 0.4) is 0 Å². The van der Waals surface area contributed by atoms with Crippen molar-refractivity contribution in [3.05, 3.63) is 224 Å². The predicted octanol–water partition coefficient (Wildman–Crippen LogP) is 16.8. The van der Waals surface area contributed by atoms with Crippen LogP contribution in [-0.4, -0.2) is 0 Å². The molecule has 12 rings (SSSR count). The molecule has 0 bridgehead atoms. The van der Waals surface area contributed by atoms with Crippen molar-refractivity contribution < 1.29 is 8.83 Å². The van der Waals surface area contributed by atoms with Gasteiger partial charge in [0, 0.05) is 38.6 Å². The molecule has 0 saturated carbocycles. The highest BCUT2D eigenvalue weighted by molar-refractivity contribution is 6.12. The van der Waals surface area contributed by atoms with E-state index in [0.29, 0.717) is 0 Å². The maximum Gasteiger partial charge on any atom is 0.136 e. The van der Waals surface area contributed by atoms with Crippen molar-refractivity contribution in [2.45, 2.75) is 0 Å². The van der Waals surface area contributed by atoms with E-state index in [1.165, 1.54) is 27.5 Å². The van der Waals surface area contributed by atoms with Crippen molar-refractivity contribution in [2.75, 3.05) is 4.90 Å². The minimum atomic E-state index is 0.887. The maximum absolute atomic E-state index is 6.29. The van der Waals surface area contributed by atoms with Gasteiger partial charge in [-0.1, -0.05) is 158 Å². The van der Waals surface area contributed by atoms with Crippen molar-refractivity contribution in [3.63, 3.8) is 0 Å². The molecule has 0 radical (unpaired) electrons. The van der Waals surface area contributed by atoms with Gasteiger partial charge in [-0.05, 0) is 122 Å². The second-order valence-corrected chi connectivity index (χ2v) is 15.7. The highest BCUT2D eigenvalue weighted by Crippen LogP contribution is 2.42. The summed E-state index contributed by atoms with van der Waals surface area (Å²) in [5, 5.41) is 7.03. The molecule has 0 fully saturated rings. The number of rotatable bonds is 7. The van der Waals surface area contributed by atoms with Gasteiger partial charge >= 0.3 is 0 Å². The summed E-state index contributed by atoms with van der Waals surface area (Å²) in [6.45, 7) is 0. The van der Waals surface area contributed by atoms with Crippen LogP contribution in [0.25, 0.3) is 99.2 Å². The molecule has 0 aliphatic heterocycles. The standard InChI is InChI=1S/C58H37NO2/c1-2-14-48-41(10-1)11-8-17-49(48)42-24-22-38(23-25-42)39-26-31-45(32-27-39)59(46-33-28-40(29-34-46)43-30-35-52-51-15-3-5-19-54(51)61-57(52)37-43)47-13-7-12-44(36-47)50-18-9-21-56-58(50)53-16-4-6-20-55(53)60-56/h1-37H. The van der Waals surface area contributed by atoms with Gasteiger partial charge in [-0.15, -0.1) is 0 Å². The number of para-hydroxylation sites is 2. The molecule has 0 aliphatic rings. The first-order valence-corrected chi connectivity index (χ1v) is 20.7. The lowest BCUT2D eigenvalue weighted by Gasteiger charge is -2.26. The monoisotopic (exact) mass is 779 g/mol. The third kappa shape index (κ3) is 6.06. The Morgan fingerprint density at radius 1 is 0.262 bits per heavy atom. The Hall–Kier alpha value is -8.14. The normalized spacial score (nSPS) is 11.6. The van der Waals surface area contributed by atoms with Gasteiger partial charge in [0.2, 0.25) is 0 Å². The zero-order chi connectivity index (χ0) is 40.3. The predicted molar refractivity (Wildman–Crippen MR) is 255 cm³/mol. The van der Waals surface area contributed by atoms with E-state index in [2.05, 4.69) is 205 Å². The average molecular weight is 780 g/mol. The summed E-state index contributed by atoms with van der Waals surface area (Å²) in [5.41, 5.74) is 16.1. The molecule has 10 aromatic carbocycles. The number of anilines is 3. The Kier molecular flexibility index (Phi) is 8.17. The molecule has 0 atom stereocenters. The SMILES string of the molecule is c1cc(-c2cccc3oc4ccccc4c23)cc(N(c2ccc(-c3ccc(-c4cccc5ccccc45)cc3)cc2)c2ccc(-c3ccc4c(c3)oc3ccccc34)cc2)c1. The third-order valence-corrected chi connectivity index (χ3v) is 12.1. The molecular weight excluding hydrogens is 743 g/mol. The first-order valence-electron chi connectivity index (χ1n) is 20.7. The molecule has 2 heterocycles. The van der Waals surface area contributed by atoms with Crippen LogP contribution in [0.4, 0.5) is 17.1 Å². The summed E-state index contributed by atoms with van der Waals surface area (Å²) in [6.07, 6.45) is 0. The molecule has 0 saturated heterocycles. The summed E-state index contributed by atoms with van der Waals surface area (Å²) in [7, 11) is 0. The van der Waals surface area contributed by atoms with E-state index in [1.54, 1.807) is 0 Å². The fraction of sp³-hybridized carbons (Fsp3) is 0. The lowest BCUT2D eigenvalue weighted by Crippen LogP contribution is -2.10. The Bertz CT molecular complexity index is 3570. The van der Waals surface area contributed by atoms with Gasteiger partial charge in [-0.3, -0.25) is 0 Å². The number of nitrogens with zero attached hydrogens (tertiary/aromatic N) is 1. The van der Waals surface area contributed by atoms with E-state index in [-0.39, 0.29) is 0 Å². The van der Waals surface area contributed by atoms with Crippen molar-refractivity contribution >= 4 is 71.7 Å². The van der Waals surface area contributed by atoms with E-state index in [0.717, 1.165) is 88.8 Å². The van der Waals surface area contributed by atoms with E-state index >= 15 is 0 Å². The maximum atomic E-state index is 6.29. The quantitative estimate of drug-likeness (QED) is 0.161. The van der Waals surface area contributed by atoms with Crippen LogP contribution in [-0.2, 0) is 0 Å². The second kappa shape index (κ2) is 14.3. The second-order valence-electron chi connectivity index (χ2n) is 15.7. The molecule has 12 aromatic rings. The topological polar surface area (TPSA) is 29.5 Å². The Morgan fingerprint density at radius 2 is 0.770 bits per heavy atom.